The van der Waals surface area contributed by atoms with Gasteiger partial charge in [0.05, 0.1) is 10.5 Å². The molecule has 0 aliphatic carbocycles. The summed E-state index contributed by atoms with van der Waals surface area (Å²) in [6, 6.07) is 10.6. The first-order chi connectivity index (χ1) is 10.0. The summed E-state index contributed by atoms with van der Waals surface area (Å²) >= 11 is 5.75. The van der Waals surface area contributed by atoms with E-state index in [1.165, 1.54) is 18.2 Å². The van der Waals surface area contributed by atoms with Crippen LogP contribution in [0.4, 0.5) is 17.1 Å². The number of anilines is 2. The minimum Gasteiger partial charge on any atom is -0.322 e. The van der Waals surface area contributed by atoms with Gasteiger partial charge in [-0.2, -0.15) is 0 Å². The smallest absolute Gasteiger partial charge is 0.294 e. The molecule has 21 heavy (non-hydrogen) atoms. The van der Waals surface area contributed by atoms with Gasteiger partial charge >= 0.3 is 0 Å². The fourth-order valence-corrected chi connectivity index (χ4v) is 1.89. The highest BCUT2D eigenvalue weighted by Crippen LogP contribution is 2.28. The number of para-hydroxylation sites is 1. The number of hydrazine groups is 1. The Labute approximate surface area is 124 Å². The van der Waals surface area contributed by atoms with Gasteiger partial charge in [0.1, 0.15) is 5.69 Å². The number of nitro benzene ring substituents is 1. The average molecular weight is 307 g/mol. The number of carbonyl (C=O) groups is 1. The molecule has 0 aliphatic rings. The zero-order valence-corrected chi connectivity index (χ0v) is 11.4. The Morgan fingerprint density at radius 1 is 1.19 bits per heavy atom. The number of halogens is 1. The van der Waals surface area contributed by atoms with Crippen LogP contribution in [0, 0.1) is 10.1 Å². The molecule has 2 rings (SSSR count). The predicted molar refractivity (Wildman–Crippen MR) is 80.3 cm³/mol. The Morgan fingerprint density at radius 2 is 1.86 bits per heavy atom. The summed E-state index contributed by atoms with van der Waals surface area (Å²) in [5.41, 5.74) is 2.46. The van der Waals surface area contributed by atoms with Crippen LogP contribution >= 0.6 is 11.6 Å². The van der Waals surface area contributed by atoms with Gasteiger partial charge < -0.3 is 10.7 Å². The van der Waals surface area contributed by atoms with Crippen molar-refractivity contribution < 1.29 is 9.72 Å². The van der Waals surface area contributed by atoms with Gasteiger partial charge in [-0.05, 0) is 30.3 Å². The molecule has 0 radical (unpaired) electrons. The number of nitrogens with two attached hydrogens (primary N) is 1. The van der Waals surface area contributed by atoms with Gasteiger partial charge in [0.25, 0.3) is 11.6 Å². The van der Waals surface area contributed by atoms with Gasteiger partial charge in [-0.25, -0.2) is 0 Å². The number of benzene rings is 2. The molecular weight excluding hydrogens is 296 g/mol. The number of nitrogens with one attached hydrogen (secondary N) is 2. The van der Waals surface area contributed by atoms with E-state index in [-0.39, 0.29) is 16.9 Å². The number of amides is 1. The molecule has 0 aliphatic heterocycles. The molecule has 0 heterocycles. The zero-order chi connectivity index (χ0) is 15.4. The largest absolute Gasteiger partial charge is 0.322 e. The lowest BCUT2D eigenvalue weighted by Crippen LogP contribution is -2.18. The van der Waals surface area contributed by atoms with Crippen molar-refractivity contribution in [2.75, 3.05) is 10.7 Å². The summed E-state index contributed by atoms with van der Waals surface area (Å²) in [5.74, 6) is 4.77. The molecule has 0 fully saturated rings. The molecule has 2 aromatic rings. The molecule has 1 amide bonds. The van der Waals surface area contributed by atoms with E-state index >= 15 is 0 Å². The van der Waals surface area contributed by atoms with Crippen molar-refractivity contribution in [2.45, 2.75) is 0 Å². The number of rotatable bonds is 4. The Morgan fingerprint density at radius 3 is 2.43 bits per heavy atom. The van der Waals surface area contributed by atoms with Crippen LogP contribution in [0.3, 0.4) is 0 Å². The Bertz CT molecular complexity index is 688. The lowest BCUT2D eigenvalue weighted by atomic mass is 10.1. The van der Waals surface area contributed by atoms with Crippen LogP contribution in [-0.2, 0) is 0 Å². The summed E-state index contributed by atoms with van der Waals surface area (Å²) in [6.07, 6.45) is 0. The molecular formula is C13H11ClN4O3. The third-order valence-corrected chi connectivity index (χ3v) is 2.98. The summed E-state index contributed by atoms with van der Waals surface area (Å²) in [4.78, 5) is 22.5. The molecule has 0 unspecified atom stereocenters. The van der Waals surface area contributed by atoms with Crippen LogP contribution < -0.4 is 16.6 Å². The normalized spacial score (nSPS) is 10.0. The third-order valence-electron chi connectivity index (χ3n) is 2.73. The van der Waals surface area contributed by atoms with E-state index in [2.05, 4.69) is 10.7 Å². The third kappa shape index (κ3) is 3.28. The summed E-state index contributed by atoms with van der Waals surface area (Å²) in [6.45, 7) is 0. The van der Waals surface area contributed by atoms with E-state index in [9.17, 15) is 14.9 Å². The van der Waals surface area contributed by atoms with E-state index < -0.39 is 10.8 Å². The number of carbonyl (C=O) groups excluding carboxylic acids is 1. The second kappa shape index (κ2) is 6.21. The van der Waals surface area contributed by atoms with E-state index in [4.69, 9.17) is 17.4 Å². The molecule has 108 valence electrons. The minimum absolute atomic E-state index is 0.0473. The van der Waals surface area contributed by atoms with Crippen LogP contribution in [0.5, 0.6) is 0 Å². The predicted octanol–water partition coefficient (Wildman–Crippen LogP) is 2.79. The average Bonchev–Trinajstić information content (AvgIpc) is 2.48. The van der Waals surface area contributed by atoms with Crippen LogP contribution in [0.15, 0.2) is 42.5 Å². The minimum atomic E-state index is -0.617. The number of nitrogen functional groups attached to an aromatic ring is 1. The van der Waals surface area contributed by atoms with Crippen LogP contribution in [0.2, 0.25) is 5.02 Å². The molecule has 0 bridgehead atoms. The van der Waals surface area contributed by atoms with Crippen molar-refractivity contribution in [3.8, 4) is 0 Å². The van der Waals surface area contributed by atoms with Gasteiger partial charge in [-0.15, -0.1) is 0 Å². The number of nitrogens with zero attached hydrogens (tertiary/aromatic N) is 1. The van der Waals surface area contributed by atoms with Crippen molar-refractivity contribution in [3.63, 3.8) is 0 Å². The maximum atomic E-state index is 12.2. The highest BCUT2D eigenvalue weighted by atomic mass is 35.5. The summed E-state index contributed by atoms with van der Waals surface area (Å²) < 4.78 is 0. The van der Waals surface area contributed by atoms with Crippen LogP contribution in [0.1, 0.15) is 10.4 Å². The topological polar surface area (TPSA) is 110 Å². The van der Waals surface area contributed by atoms with Crippen LogP contribution in [0.25, 0.3) is 0 Å². The first-order valence-electron chi connectivity index (χ1n) is 5.84. The van der Waals surface area contributed by atoms with E-state index in [0.29, 0.717) is 10.7 Å². The highest BCUT2D eigenvalue weighted by Gasteiger charge is 2.20. The maximum absolute atomic E-state index is 12.2. The fourth-order valence-electron chi connectivity index (χ4n) is 1.76. The molecule has 0 atom stereocenters. The first kappa shape index (κ1) is 14.8. The summed E-state index contributed by atoms with van der Waals surface area (Å²) in [5, 5.41) is 14.1. The van der Waals surface area contributed by atoms with Crippen molar-refractivity contribution >= 4 is 34.6 Å². The van der Waals surface area contributed by atoms with E-state index in [1.807, 2.05) is 0 Å². The molecule has 8 heteroatoms. The van der Waals surface area contributed by atoms with Crippen molar-refractivity contribution in [1.29, 1.82) is 0 Å². The lowest BCUT2D eigenvalue weighted by Gasteiger charge is -2.10. The standard InChI is InChI=1S/C13H11ClN4O3/c14-8-4-6-9(7-5-8)16-13(19)10-2-1-3-11(18(20)21)12(10)17-15/h1-7,17H,15H2,(H,16,19). The summed E-state index contributed by atoms with van der Waals surface area (Å²) in [7, 11) is 0. The molecule has 0 spiro atoms. The fraction of sp³-hybridized carbons (Fsp3) is 0. The van der Waals surface area contributed by atoms with E-state index in [1.54, 1.807) is 24.3 Å². The van der Waals surface area contributed by atoms with Crippen molar-refractivity contribution in [3.05, 3.63) is 63.2 Å². The maximum Gasteiger partial charge on any atom is 0.294 e. The second-order valence-corrected chi connectivity index (χ2v) is 4.50. The quantitative estimate of drug-likeness (QED) is 0.457. The van der Waals surface area contributed by atoms with Gasteiger partial charge in [0, 0.05) is 16.8 Å². The molecule has 7 nitrogen and oxygen atoms in total. The second-order valence-electron chi connectivity index (χ2n) is 4.06. The van der Waals surface area contributed by atoms with Gasteiger partial charge in [0.15, 0.2) is 0 Å². The molecule has 0 saturated heterocycles. The van der Waals surface area contributed by atoms with Crippen LogP contribution in [-0.4, -0.2) is 10.8 Å². The van der Waals surface area contributed by atoms with E-state index in [0.717, 1.165) is 0 Å². The van der Waals surface area contributed by atoms with Gasteiger partial charge in [-0.1, -0.05) is 17.7 Å². The Kier molecular flexibility index (Phi) is 4.36. The lowest BCUT2D eigenvalue weighted by molar-refractivity contribution is -0.384. The van der Waals surface area contributed by atoms with Gasteiger partial charge in [-0.3, -0.25) is 20.8 Å². The Balaban J connectivity index is 2.33. The molecule has 0 aromatic heterocycles. The SMILES string of the molecule is NNc1c(C(=O)Nc2ccc(Cl)cc2)cccc1[N+](=O)[O-]. The van der Waals surface area contributed by atoms with Gasteiger partial charge in [0.2, 0.25) is 0 Å². The number of nitro groups is 1. The molecule has 0 saturated carbocycles. The molecule has 4 N–H and O–H groups in total. The monoisotopic (exact) mass is 306 g/mol. The van der Waals surface area contributed by atoms with Crippen molar-refractivity contribution in [2.24, 2.45) is 5.84 Å². The molecule has 2 aromatic carbocycles. The zero-order valence-electron chi connectivity index (χ0n) is 10.7. The number of hydrogen-bond donors (Lipinski definition) is 3. The highest BCUT2D eigenvalue weighted by molar-refractivity contribution is 6.30. The number of hydrogen-bond acceptors (Lipinski definition) is 5. The first-order valence-corrected chi connectivity index (χ1v) is 6.21. The Hall–Kier alpha value is -2.64. The van der Waals surface area contributed by atoms with Crippen molar-refractivity contribution in [1.82, 2.24) is 0 Å².